The Morgan fingerprint density at radius 2 is 1.43 bits per heavy atom. The molecule has 294 valence electrons. The number of carbonyl (C=O) groups excluding carboxylic acids is 2. The van der Waals surface area contributed by atoms with E-state index in [1.807, 2.05) is 0 Å². The lowest BCUT2D eigenvalue weighted by Crippen LogP contribution is -2.33. The van der Waals surface area contributed by atoms with Crippen LogP contribution in [-0.4, -0.2) is 70.2 Å². The Morgan fingerprint density at radius 1 is 0.839 bits per heavy atom. The van der Waals surface area contributed by atoms with Gasteiger partial charge in [0.2, 0.25) is 0 Å². The van der Waals surface area contributed by atoms with Crippen LogP contribution in [0.1, 0.15) is 16.1 Å². The number of nitrogen functional groups attached to an aromatic ring is 1. The van der Waals surface area contributed by atoms with Gasteiger partial charge >= 0.3 is 12.2 Å². The third-order valence-electron chi connectivity index (χ3n) is 7.01. The van der Waals surface area contributed by atoms with E-state index >= 15 is 0 Å². The molecule has 6 aromatic rings. The zero-order valence-electron chi connectivity index (χ0n) is 28.6. The van der Waals surface area contributed by atoms with Gasteiger partial charge in [0.15, 0.2) is 5.82 Å². The Morgan fingerprint density at radius 3 is 1.93 bits per heavy atom. The quantitative estimate of drug-likeness (QED) is 0.0848. The molecule has 0 aliphatic rings. The number of fused-ring (bicyclic) bond motifs is 1. The molecule has 0 saturated carbocycles. The summed E-state index contributed by atoms with van der Waals surface area (Å²) in [4.78, 5) is 32.7. The van der Waals surface area contributed by atoms with Crippen molar-refractivity contribution in [2.75, 3.05) is 22.9 Å². The van der Waals surface area contributed by atoms with E-state index in [9.17, 15) is 44.0 Å². The molecule has 0 atom stereocenters. The second-order valence-corrected chi connectivity index (χ2v) is 14.0. The van der Waals surface area contributed by atoms with E-state index in [1.165, 1.54) is 42.6 Å². The number of halogens is 4. The summed E-state index contributed by atoms with van der Waals surface area (Å²) in [5, 5.41) is 10.5. The lowest BCUT2D eigenvalue weighted by atomic mass is 10.0. The van der Waals surface area contributed by atoms with Gasteiger partial charge in [-0.2, -0.15) is 35.1 Å². The van der Waals surface area contributed by atoms with Gasteiger partial charge in [0.25, 0.3) is 26.1 Å². The maximum atomic E-state index is 15.0. The van der Waals surface area contributed by atoms with Crippen LogP contribution in [0.3, 0.4) is 0 Å². The van der Waals surface area contributed by atoms with E-state index in [1.54, 1.807) is 66.8 Å². The highest BCUT2D eigenvalue weighted by atomic mass is 32.2. The molecule has 0 spiro atoms. The molecule has 3 amide bonds. The van der Waals surface area contributed by atoms with E-state index in [-0.39, 0.29) is 49.3 Å². The summed E-state index contributed by atoms with van der Waals surface area (Å²) in [6.07, 6.45) is -2.37. The summed E-state index contributed by atoms with van der Waals surface area (Å²) in [5.74, 6) is -1.77. The number of hydrogen-bond donors (Lipinski definition) is 6. The normalized spacial score (nSPS) is 11.3. The van der Waals surface area contributed by atoms with Crippen molar-refractivity contribution in [1.29, 1.82) is 0 Å². The molecule has 0 radical (unpaired) electrons. The number of nitrogens with zero attached hydrogens (tertiary/aromatic N) is 4. The van der Waals surface area contributed by atoms with Gasteiger partial charge in [-0.15, -0.1) is 0 Å². The smallest absolute Gasteiger partial charge is 0.382 e. The second kappa shape index (κ2) is 17.8. The molecular weight excluding hydrogens is 789 g/mol. The number of carbonyl (C=O) groups is 2. The van der Waals surface area contributed by atoms with Crippen molar-refractivity contribution >= 4 is 55.0 Å². The van der Waals surface area contributed by atoms with Crippen LogP contribution in [0.15, 0.2) is 119 Å². The molecule has 22 heteroatoms. The van der Waals surface area contributed by atoms with E-state index in [2.05, 4.69) is 25.7 Å². The van der Waals surface area contributed by atoms with Crippen LogP contribution < -0.4 is 21.7 Å². The van der Waals surface area contributed by atoms with Gasteiger partial charge in [-0.05, 0) is 61.0 Å². The number of amides is 3. The SMILES string of the molecule is Cc1cccc(NC(=O)Nc2ccc(-c3c(C(=O)NCC(F)(F)F)cn4ncnc(N)c34)cc2F)n1.O=S(=O)(O)c1ccccc1.O=S(=O)(O)c1ccccc1. The summed E-state index contributed by atoms with van der Waals surface area (Å²) in [5.41, 5.74) is 6.38. The molecule has 3 aromatic carbocycles. The Hall–Kier alpha value is -6.49. The van der Waals surface area contributed by atoms with Crippen LogP contribution in [-0.2, 0) is 20.2 Å². The minimum atomic E-state index is -4.64. The lowest BCUT2D eigenvalue weighted by Gasteiger charge is -2.11. The Balaban J connectivity index is 0.000000281. The molecule has 0 saturated heterocycles. The van der Waals surface area contributed by atoms with Crippen LogP contribution in [0.5, 0.6) is 0 Å². The number of alkyl halides is 3. The Labute approximate surface area is 315 Å². The fraction of sp³-hybridized carbons (Fsp3) is 0.0882. The van der Waals surface area contributed by atoms with Crippen molar-refractivity contribution < 1.29 is 53.1 Å². The molecule has 7 N–H and O–H groups in total. The molecule has 0 unspecified atom stereocenters. The minimum Gasteiger partial charge on any atom is -0.382 e. The first-order valence-corrected chi connectivity index (χ1v) is 18.4. The summed E-state index contributed by atoms with van der Waals surface area (Å²) in [7, 11) is -8.01. The highest BCUT2D eigenvalue weighted by Gasteiger charge is 2.30. The average Bonchev–Trinajstić information content (AvgIpc) is 3.53. The largest absolute Gasteiger partial charge is 0.405 e. The van der Waals surface area contributed by atoms with Crippen LogP contribution >= 0.6 is 0 Å². The fourth-order valence-corrected chi connectivity index (χ4v) is 5.62. The van der Waals surface area contributed by atoms with Crippen LogP contribution in [0.4, 0.5) is 39.7 Å². The van der Waals surface area contributed by atoms with Gasteiger partial charge < -0.3 is 16.4 Å². The Kier molecular flexibility index (Phi) is 13.4. The molecule has 6 rings (SSSR count). The van der Waals surface area contributed by atoms with Crippen molar-refractivity contribution in [3.05, 3.63) is 127 Å². The predicted molar refractivity (Wildman–Crippen MR) is 195 cm³/mol. The molecule has 0 bridgehead atoms. The molecule has 3 heterocycles. The lowest BCUT2D eigenvalue weighted by molar-refractivity contribution is -0.123. The van der Waals surface area contributed by atoms with Gasteiger partial charge in [-0.25, -0.2) is 23.7 Å². The maximum absolute atomic E-state index is 15.0. The Bertz CT molecular complexity index is 2490. The summed E-state index contributed by atoms with van der Waals surface area (Å²) < 4.78 is 112. The number of nitrogens with one attached hydrogen (secondary N) is 3. The minimum absolute atomic E-state index is 0.0200. The number of rotatable bonds is 7. The number of nitrogens with two attached hydrogens (primary N) is 1. The van der Waals surface area contributed by atoms with Gasteiger partial charge in [0.05, 0.1) is 21.0 Å². The van der Waals surface area contributed by atoms with Crippen molar-refractivity contribution in [1.82, 2.24) is 24.9 Å². The third-order valence-corrected chi connectivity index (χ3v) is 8.75. The maximum Gasteiger partial charge on any atom is 0.405 e. The molecular formula is C34H30F4N8O8S2. The van der Waals surface area contributed by atoms with Crippen LogP contribution in [0, 0.1) is 12.7 Å². The van der Waals surface area contributed by atoms with Gasteiger partial charge in [-0.3, -0.25) is 19.2 Å². The van der Waals surface area contributed by atoms with Gasteiger partial charge in [0, 0.05) is 17.5 Å². The summed E-state index contributed by atoms with van der Waals surface area (Å²) in [6.45, 7) is 0.170. The predicted octanol–water partition coefficient (Wildman–Crippen LogP) is 5.62. The van der Waals surface area contributed by atoms with Crippen molar-refractivity contribution in [3.8, 4) is 11.1 Å². The number of aryl methyl sites for hydroxylation is 1. The first-order valence-electron chi connectivity index (χ1n) is 15.6. The number of pyridine rings is 1. The molecule has 0 aliphatic carbocycles. The average molecular weight is 819 g/mol. The van der Waals surface area contributed by atoms with Crippen LogP contribution in [0.25, 0.3) is 16.6 Å². The first kappa shape index (κ1) is 42.3. The van der Waals surface area contributed by atoms with E-state index in [0.717, 1.165) is 16.9 Å². The number of anilines is 3. The molecule has 56 heavy (non-hydrogen) atoms. The standard InChI is InChI=1S/C22H18F4N8O2.2C6H6O3S/c1-11-3-2-4-16(31-11)33-21(36)32-15-6-5-12(7-14(15)23)17-13(20(35)28-9-22(24,25)26)8-34-18(17)19(27)29-10-30-34;2*7-10(8,9)6-4-2-1-3-5-6/h2-8,10H,9H2,1H3,(H,28,35)(H2,27,29,30)(H2,31,32,33,36);2*1-5H,(H,7,8,9). The number of benzene rings is 3. The fourth-order valence-electron chi connectivity index (χ4n) is 4.61. The third kappa shape index (κ3) is 12.0. The van der Waals surface area contributed by atoms with E-state index < -0.39 is 50.7 Å². The monoisotopic (exact) mass is 818 g/mol. The molecule has 0 aliphatic heterocycles. The second-order valence-electron chi connectivity index (χ2n) is 11.2. The molecule has 16 nitrogen and oxygen atoms in total. The zero-order valence-corrected chi connectivity index (χ0v) is 30.3. The van der Waals surface area contributed by atoms with Crippen molar-refractivity contribution in [2.45, 2.75) is 22.9 Å². The van der Waals surface area contributed by atoms with Gasteiger partial charge in [0.1, 0.15) is 30.0 Å². The van der Waals surface area contributed by atoms with Crippen LogP contribution in [0.2, 0.25) is 0 Å². The van der Waals surface area contributed by atoms with E-state index in [4.69, 9.17) is 14.8 Å². The summed E-state index contributed by atoms with van der Waals surface area (Å²) in [6, 6.07) is 22.7. The zero-order chi connectivity index (χ0) is 41.3. The number of hydrogen-bond acceptors (Lipinski definition) is 10. The molecule has 0 fully saturated rings. The van der Waals surface area contributed by atoms with Crippen molar-refractivity contribution in [3.63, 3.8) is 0 Å². The number of urea groups is 1. The van der Waals surface area contributed by atoms with E-state index in [0.29, 0.717) is 5.69 Å². The first-order chi connectivity index (χ1) is 26.2. The highest BCUT2D eigenvalue weighted by molar-refractivity contribution is 7.86. The van der Waals surface area contributed by atoms with Gasteiger partial charge in [-0.1, -0.05) is 48.5 Å². The molecule has 3 aromatic heterocycles. The summed E-state index contributed by atoms with van der Waals surface area (Å²) >= 11 is 0. The van der Waals surface area contributed by atoms with Crippen molar-refractivity contribution in [2.24, 2.45) is 0 Å². The topological polar surface area (TPSA) is 248 Å². The number of aromatic nitrogens is 4. The highest BCUT2D eigenvalue weighted by Crippen LogP contribution is 2.34.